The topological polar surface area (TPSA) is 99.1 Å². The molecule has 0 aromatic carbocycles. The second-order valence-corrected chi connectivity index (χ2v) is 6.93. The number of carbonyl (C=O) groups is 1. The molecule has 0 fully saturated rings. The molecular weight excluding hydrogens is 336 g/mol. The normalized spacial score (nSPS) is 11.5. The average Bonchev–Trinajstić information content (AvgIpc) is 2.86. The van der Waals surface area contributed by atoms with Gasteiger partial charge in [-0.05, 0) is 39.5 Å². The second-order valence-electron chi connectivity index (χ2n) is 6.93. The highest BCUT2D eigenvalue weighted by Crippen LogP contribution is 2.09. The Labute approximate surface area is 151 Å². The number of imidazole rings is 1. The van der Waals surface area contributed by atoms with E-state index in [1.165, 1.54) is 16.1 Å². The van der Waals surface area contributed by atoms with Crippen molar-refractivity contribution in [1.29, 1.82) is 0 Å². The molecule has 26 heavy (non-hydrogen) atoms. The molecule has 2 rings (SSSR count). The SMILES string of the molecule is CC(=O)CCCCn1c(=O)c2c(nc(C#CC(C)(C)O)n2C)n(C)c1=O. The van der Waals surface area contributed by atoms with Crippen molar-refractivity contribution in [3.05, 3.63) is 26.7 Å². The summed E-state index contributed by atoms with van der Waals surface area (Å²) in [5.74, 6) is 5.79. The lowest BCUT2D eigenvalue weighted by Crippen LogP contribution is -2.39. The fourth-order valence-electron chi connectivity index (χ4n) is 2.61. The van der Waals surface area contributed by atoms with Gasteiger partial charge in [0.15, 0.2) is 17.0 Å². The van der Waals surface area contributed by atoms with E-state index in [1.807, 2.05) is 0 Å². The molecule has 0 bridgehead atoms. The molecule has 0 aliphatic rings. The fraction of sp³-hybridized carbons (Fsp3) is 0.556. The first kappa shape index (κ1) is 19.7. The van der Waals surface area contributed by atoms with Crippen LogP contribution in [-0.2, 0) is 25.4 Å². The largest absolute Gasteiger partial charge is 0.378 e. The monoisotopic (exact) mass is 360 g/mol. The molecule has 0 saturated heterocycles. The van der Waals surface area contributed by atoms with E-state index in [1.54, 1.807) is 27.9 Å². The van der Waals surface area contributed by atoms with E-state index in [-0.39, 0.29) is 23.5 Å². The summed E-state index contributed by atoms with van der Waals surface area (Å²) in [6, 6.07) is 0. The van der Waals surface area contributed by atoms with Crippen molar-refractivity contribution in [1.82, 2.24) is 18.7 Å². The number of aromatic nitrogens is 4. The lowest BCUT2D eigenvalue weighted by atomic mass is 10.1. The van der Waals surface area contributed by atoms with Gasteiger partial charge >= 0.3 is 5.69 Å². The zero-order valence-electron chi connectivity index (χ0n) is 15.8. The van der Waals surface area contributed by atoms with Crippen LogP contribution in [0.5, 0.6) is 0 Å². The van der Waals surface area contributed by atoms with Crippen molar-refractivity contribution in [3.8, 4) is 11.8 Å². The van der Waals surface area contributed by atoms with E-state index in [4.69, 9.17) is 0 Å². The van der Waals surface area contributed by atoms with Crippen molar-refractivity contribution in [3.63, 3.8) is 0 Å². The third-order valence-corrected chi connectivity index (χ3v) is 4.00. The van der Waals surface area contributed by atoms with E-state index in [0.29, 0.717) is 25.1 Å². The number of fused-ring (bicyclic) bond motifs is 1. The number of aliphatic hydroxyl groups is 1. The van der Waals surface area contributed by atoms with Gasteiger partial charge in [0.25, 0.3) is 5.56 Å². The molecule has 0 aliphatic heterocycles. The molecule has 0 atom stereocenters. The predicted molar refractivity (Wildman–Crippen MR) is 97.9 cm³/mol. The first-order valence-corrected chi connectivity index (χ1v) is 8.44. The van der Waals surface area contributed by atoms with Crippen LogP contribution in [0.3, 0.4) is 0 Å². The van der Waals surface area contributed by atoms with E-state index in [2.05, 4.69) is 16.8 Å². The van der Waals surface area contributed by atoms with Crippen LogP contribution in [0.25, 0.3) is 11.2 Å². The predicted octanol–water partition coefficient (Wildman–Crippen LogP) is 0.315. The second kappa shape index (κ2) is 7.30. The van der Waals surface area contributed by atoms with Crippen LogP contribution in [0.2, 0.25) is 0 Å². The van der Waals surface area contributed by atoms with Gasteiger partial charge in [-0.3, -0.25) is 13.9 Å². The van der Waals surface area contributed by atoms with Gasteiger partial charge < -0.3 is 14.5 Å². The highest BCUT2D eigenvalue weighted by atomic mass is 16.3. The lowest BCUT2D eigenvalue weighted by Gasteiger charge is -2.08. The quantitative estimate of drug-likeness (QED) is 0.611. The van der Waals surface area contributed by atoms with E-state index in [0.717, 1.165) is 4.57 Å². The summed E-state index contributed by atoms with van der Waals surface area (Å²) >= 11 is 0. The molecule has 0 saturated carbocycles. The third-order valence-electron chi connectivity index (χ3n) is 4.00. The molecule has 2 heterocycles. The van der Waals surface area contributed by atoms with Gasteiger partial charge in [0.05, 0.1) is 0 Å². The number of ketones is 1. The Kier molecular flexibility index (Phi) is 5.52. The Morgan fingerprint density at radius 3 is 2.42 bits per heavy atom. The summed E-state index contributed by atoms with van der Waals surface area (Å²) in [4.78, 5) is 40.6. The van der Waals surface area contributed by atoms with Gasteiger partial charge in [0.1, 0.15) is 11.4 Å². The number of rotatable bonds is 5. The number of unbranched alkanes of at least 4 members (excludes halogenated alkanes) is 1. The summed E-state index contributed by atoms with van der Waals surface area (Å²) in [5.41, 5.74) is -1.55. The molecule has 0 unspecified atom stereocenters. The number of Topliss-reactive ketones (excluding diaryl/α,β-unsaturated/α-hetero) is 1. The van der Waals surface area contributed by atoms with Crippen LogP contribution in [0.1, 0.15) is 45.9 Å². The number of nitrogens with zero attached hydrogens (tertiary/aromatic N) is 4. The zero-order valence-corrected chi connectivity index (χ0v) is 15.8. The molecule has 8 nitrogen and oxygen atoms in total. The molecule has 140 valence electrons. The van der Waals surface area contributed by atoms with E-state index < -0.39 is 16.9 Å². The lowest BCUT2D eigenvalue weighted by molar-refractivity contribution is -0.117. The Morgan fingerprint density at radius 1 is 1.19 bits per heavy atom. The van der Waals surface area contributed by atoms with Gasteiger partial charge in [-0.25, -0.2) is 9.78 Å². The van der Waals surface area contributed by atoms with Gasteiger partial charge in [-0.2, -0.15) is 0 Å². The summed E-state index contributed by atoms with van der Waals surface area (Å²) < 4.78 is 4.01. The molecule has 0 aliphatic carbocycles. The minimum Gasteiger partial charge on any atom is -0.378 e. The summed E-state index contributed by atoms with van der Waals surface area (Å²) in [6.45, 7) is 4.85. The summed E-state index contributed by atoms with van der Waals surface area (Å²) in [7, 11) is 3.20. The van der Waals surface area contributed by atoms with Gasteiger partial charge in [0, 0.05) is 27.1 Å². The Balaban J connectivity index is 2.52. The van der Waals surface area contributed by atoms with Crippen LogP contribution in [0, 0.1) is 11.8 Å². The van der Waals surface area contributed by atoms with Crippen LogP contribution < -0.4 is 11.2 Å². The van der Waals surface area contributed by atoms with E-state index >= 15 is 0 Å². The van der Waals surface area contributed by atoms with Crippen molar-refractivity contribution in [2.45, 2.75) is 52.2 Å². The fourth-order valence-corrected chi connectivity index (χ4v) is 2.61. The number of hydrogen-bond donors (Lipinski definition) is 1. The molecular formula is C18H24N4O4. The maximum atomic E-state index is 12.8. The van der Waals surface area contributed by atoms with Gasteiger partial charge in [-0.1, -0.05) is 5.92 Å². The van der Waals surface area contributed by atoms with Crippen molar-refractivity contribution in [2.24, 2.45) is 14.1 Å². The molecule has 0 radical (unpaired) electrons. The highest BCUT2D eigenvalue weighted by molar-refractivity contribution is 5.75. The first-order chi connectivity index (χ1) is 12.0. The molecule has 2 aromatic rings. The van der Waals surface area contributed by atoms with Crippen LogP contribution in [-0.4, -0.2) is 35.2 Å². The Hall–Kier alpha value is -2.66. The standard InChI is InChI=1S/C18H24N4O4/c1-12(23)8-6-7-11-22-16(24)14-15(21(5)17(22)25)19-13(20(14)4)9-10-18(2,3)26/h26H,6-8,11H2,1-5H3. The minimum atomic E-state index is -1.19. The molecule has 0 spiro atoms. The van der Waals surface area contributed by atoms with Crippen LogP contribution >= 0.6 is 0 Å². The van der Waals surface area contributed by atoms with E-state index in [9.17, 15) is 19.5 Å². The smallest absolute Gasteiger partial charge is 0.332 e. The van der Waals surface area contributed by atoms with Gasteiger partial charge in [-0.15, -0.1) is 0 Å². The maximum absolute atomic E-state index is 12.8. The van der Waals surface area contributed by atoms with Crippen LogP contribution in [0.4, 0.5) is 0 Å². The number of hydrogen-bond acceptors (Lipinski definition) is 5. The third kappa shape index (κ3) is 4.11. The van der Waals surface area contributed by atoms with Crippen molar-refractivity contribution >= 4 is 16.9 Å². The van der Waals surface area contributed by atoms with Crippen LogP contribution in [0.15, 0.2) is 9.59 Å². The van der Waals surface area contributed by atoms with Crippen molar-refractivity contribution in [2.75, 3.05) is 0 Å². The first-order valence-electron chi connectivity index (χ1n) is 8.44. The maximum Gasteiger partial charge on any atom is 0.332 e. The summed E-state index contributed by atoms with van der Waals surface area (Å²) in [6.07, 6.45) is 1.61. The molecule has 1 N–H and O–H groups in total. The van der Waals surface area contributed by atoms with Crippen molar-refractivity contribution < 1.29 is 9.90 Å². The van der Waals surface area contributed by atoms with Gasteiger partial charge in [0.2, 0.25) is 0 Å². The zero-order chi connectivity index (χ0) is 19.6. The number of carbonyl (C=O) groups excluding carboxylic acids is 1. The number of aryl methyl sites for hydroxylation is 2. The summed E-state index contributed by atoms with van der Waals surface area (Å²) in [5, 5.41) is 9.75. The Bertz CT molecular complexity index is 1020. The molecule has 2 aromatic heterocycles. The molecule has 0 amide bonds. The average molecular weight is 360 g/mol. The highest BCUT2D eigenvalue weighted by Gasteiger charge is 2.18. The Morgan fingerprint density at radius 2 is 1.85 bits per heavy atom. The minimum absolute atomic E-state index is 0.0855. The molecule has 8 heteroatoms.